The van der Waals surface area contributed by atoms with Gasteiger partial charge in [0, 0.05) is 42.7 Å². The molecular weight excluding hydrogens is 599 g/mol. The van der Waals surface area contributed by atoms with E-state index < -0.39 is 0 Å². The standard InChI is InChI=1S/C46H31NS/c1-2-13-38(14-3-1)47(44-19-8-6-15-40(44)42-17-10-18-43-41-16-7-9-20-45(41)48-46(42)43)39-29-27-34(28-30-39)33-21-23-35(24-22-33)37-26-25-32-11-4-5-12-36(32)31-37/h1-31H. The maximum Gasteiger partial charge on any atom is 0.0540 e. The summed E-state index contributed by atoms with van der Waals surface area (Å²) in [5, 5.41) is 5.16. The molecule has 0 saturated heterocycles. The van der Waals surface area contributed by atoms with Gasteiger partial charge in [-0.2, -0.15) is 0 Å². The van der Waals surface area contributed by atoms with Gasteiger partial charge in [0.25, 0.3) is 0 Å². The molecular formula is C46H31NS. The average Bonchev–Trinajstić information content (AvgIpc) is 3.55. The molecule has 1 heterocycles. The van der Waals surface area contributed by atoms with Crippen LogP contribution >= 0.6 is 11.3 Å². The molecule has 0 N–H and O–H groups in total. The Kier molecular flexibility index (Phi) is 7.07. The third kappa shape index (κ3) is 5.04. The van der Waals surface area contributed by atoms with E-state index in [1.54, 1.807) is 0 Å². The highest BCUT2D eigenvalue weighted by molar-refractivity contribution is 7.26. The number of hydrogen-bond acceptors (Lipinski definition) is 2. The van der Waals surface area contributed by atoms with Gasteiger partial charge in [-0.1, -0.05) is 146 Å². The van der Waals surface area contributed by atoms with Crippen LogP contribution in [-0.4, -0.2) is 0 Å². The summed E-state index contributed by atoms with van der Waals surface area (Å²) in [6.07, 6.45) is 0. The van der Waals surface area contributed by atoms with Gasteiger partial charge in [0.15, 0.2) is 0 Å². The van der Waals surface area contributed by atoms with Crippen LogP contribution in [-0.2, 0) is 0 Å². The summed E-state index contributed by atoms with van der Waals surface area (Å²) in [6, 6.07) is 68.1. The van der Waals surface area contributed by atoms with Crippen molar-refractivity contribution < 1.29 is 0 Å². The molecule has 1 aromatic heterocycles. The molecule has 0 aliphatic carbocycles. The van der Waals surface area contributed by atoms with Crippen LogP contribution in [0.15, 0.2) is 188 Å². The van der Waals surface area contributed by atoms with Crippen LogP contribution in [0.5, 0.6) is 0 Å². The van der Waals surface area contributed by atoms with Gasteiger partial charge < -0.3 is 4.90 Å². The third-order valence-corrected chi connectivity index (χ3v) is 10.5. The average molecular weight is 630 g/mol. The van der Waals surface area contributed by atoms with E-state index >= 15 is 0 Å². The summed E-state index contributed by atoms with van der Waals surface area (Å²) in [7, 11) is 0. The lowest BCUT2D eigenvalue weighted by Gasteiger charge is -2.28. The zero-order valence-corrected chi connectivity index (χ0v) is 27.1. The Balaban J connectivity index is 1.10. The third-order valence-electron chi connectivity index (χ3n) is 9.28. The molecule has 226 valence electrons. The van der Waals surface area contributed by atoms with E-state index in [2.05, 4.69) is 193 Å². The SMILES string of the molecule is c1ccc(N(c2ccc(-c3ccc(-c4ccc5ccccc5c4)cc3)cc2)c2ccccc2-c2cccc3c2sc2ccccc23)cc1. The quantitative estimate of drug-likeness (QED) is 0.177. The molecule has 0 radical (unpaired) electrons. The second kappa shape index (κ2) is 12.0. The maximum atomic E-state index is 2.38. The molecule has 0 fully saturated rings. The van der Waals surface area contributed by atoms with Gasteiger partial charge in [-0.05, 0) is 75.5 Å². The molecule has 0 unspecified atom stereocenters. The number of rotatable bonds is 6. The van der Waals surface area contributed by atoms with Crippen molar-refractivity contribution in [2.75, 3.05) is 4.90 Å². The summed E-state index contributed by atoms with van der Waals surface area (Å²) in [5.41, 5.74) is 10.7. The molecule has 9 aromatic rings. The van der Waals surface area contributed by atoms with Crippen molar-refractivity contribution in [3.8, 4) is 33.4 Å². The fraction of sp³-hybridized carbons (Fsp3) is 0. The van der Waals surface area contributed by atoms with E-state index in [0.29, 0.717) is 0 Å². The minimum absolute atomic E-state index is 1.12. The van der Waals surface area contributed by atoms with Crippen LogP contribution in [0.3, 0.4) is 0 Å². The summed E-state index contributed by atoms with van der Waals surface area (Å²) in [4.78, 5) is 2.38. The first-order chi connectivity index (χ1) is 23.8. The van der Waals surface area contributed by atoms with Gasteiger partial charge in [0.1, 0.15) is 0 Å². The number of hydrogen-bond donors (Lipinski definition) is 0. The van der Waals surface area contributed by atoms with Crippen molar-refractivity contribution in [2.24, 2.45) is 0 Å². The molecule has 1 nitrogen and oxygen atoms in total. The van der Waals surface area contributed by atoms with Crippen molar-refractivity contribution in [3.63, 3.8) is 0 Å². The largest absolute Gasteiger partial charge is 0.310 e. The number of benzene rings is 8. The topological polar surface area (TPSA) is 3.24 Å². The molecule has 0 saturated carbocycles. The van der Waals surface area contributed by atoms with E-state index in [-0.39, 0.29) is 0 Å². The second-order valence-corrected chi connectivity index (χ2v) is 13.2. The highest BCUT2D eigenvalue weighted by atomic mass is 32.1. The lowest BCUT2D eigenvalue weighted by molar-refractivity contribution is 1.28. The van der Waals surface area contributed by atoms with Crippen LogP contribution < -0.4 is 4.90 Å². The fourth-order valence-corrected chi connectivity index (χ4v) is 8.12. The normalized spacial score (nSPS) is 11.3. The van der Waals surface area contributed by atoms with Crippen LogP contribution in [0.4, 0.5) is 17.1 Å². The number of fused-ring (bicyclic) bond motifs is 4. The first-order valence-corrected chi connectivity index (χ1v) is 17.2. The van der Waals surface area contributed by atoms with Gasteiger partial charge in [-0.3, -0.25) is 0 Å². The number of anilines is 3. The van der Waals surface area contributed by atoms with Crippen molar-refractivity contribution in [2.45, 2.75) is 0 Å². The van der Waals surface area contributed by atoms with E-state index in [0.717, 1.165) is 17.1 Å². The molecule has 0 aliphatic heterocycles. The summed E-state index contributed by atoms with van der Waals surface area (Å²) in [6.45, 7) is 0. The summed E-state index contributed by atoms with van der Waals surface area (Å²) in [5.74, 6) is 0. The van der Waals surface area contributed by atoms with Crippen molar-refractivity contribution in [1.29, 1.82) is 0 Å². The fourth-order valence-electron chi connectivity index (χ4n) is 6.89. The Hall–Kier alpha value is -5.96. The summed E-state index contributed by atoms with van der Waals surface area (Å²) < 4.78 is 2.64. The van der Waals surface area contributed by atoms with Crippen LogP contribution in [0.25, 0.3) is 64.3 Å². The number of nitrogens with zero attached hydrogens (tertiary/aromatic N) is 1. The molecule has 0 amide bonds. The monoisotopic (exact) mass is 629 g/mol. The Morgan fingerprint density at radius 2 is 0.917 bits per heavy atom. The minimum Gasteiger partial charge on any atom is -0.310 e. The van der Waals surface area contributed by atoms with E-state index in [1.807, 2.05) is 11.3 Å². The molecule has 0 spiro atoms. The highest BCUT2D eigenvalue weighted by Crippen LogP contribution is 2.46. The lowest BCUT2D eigenvalue weighted by Crippen LogP contribution is -2.11. The van der Waals surface area contributed by atoms with Gasteiger partial charge in [0.2, 0.25) is 0 Å². The van der Waals surface area contributed by atoms with Crippen molar-refractivity contribution in [3.05, 3.63) is 188 Å². The van der Waals surface area contributed by atoms with Gasteiger partial charge in [-0.15, -0.1) is 11.3 Å². The molecule has 0 bridgehead atoms. The Bertz CT molecular complexity index is 2540. The molecule has 2 heteroatoms. The molecule has 0 atom stereocenters. The molecule has 9 rings (SSSR count). The van der Waals surface area contributed by atoms with Crippen LogP contribution in [0, 0.1) is 0 Å². The van der Waals surface area contributed by atoms with Gasteiger partial charge >= 0.3 is 0 Å². The minimum atomic E-state index is 1.12. The van der Waals surface area contributed by atoms with E-state index in [9.17, 15) is 0 Å². The Labute approximate surface area is 284 Å². The predicted molar refractivity (Wildman–Crippen MR) is 208 cm³/mol. The van der Waals surface area contributed by atoms with E-state index in [1.165, 1.54) is 64.3 Å². The molecule has 48 heavy (non-hydrogen) atoms. The van der Waals surface area contributed by atoms with Gasteiger partial charge in [-0.25, -0.2) is 0 Å². The van der Waals surface area contributed by atoms with Crippen molar-refractivity contribution in [1.82, 2.24) is 0 Å². The Morgan fingerprint density at radius 3 is 1.73 bits per heavy atom. The number of para-hydroxylation sites is 2. The smallest absolute Gasteiger partial charge is 0.0540 e. The first-order valence-electron chi connectivity index (χ1n) is 16.3. The highest BCUT2D eigenvalue weighted by Gasteiger charge is 2.19. The predicted octanol–water partition coefficient (Wildman–Crippen LogP) is 13.7. The summed E-state index contributed by atoms with van der Waals surface area (Å²) >= 11 is 1.88. The zero-order valence-electron chi connectivity index (χ0n) is 26.3. The Morgan fingerprint density at radius 1 is 0.354 bits per heavy atom. The van der Waals surface area contributed by atoms with Crippen molar-refractivity contribution >= 4 is 59.3 Å². The van der Waals surface area contributed by atoms with Gasteiger partial charge in [0.05, 0.1) is 5.69 Å². The molecule has 0 aliphatic rings. The molecule has 8 aromatic carbocycles. The van der Waals surface area contributed by atoms with Crippen LogP contribution in [0.1, 0.15) is 0 Å². The zero-order chi connectivity index (χ0) is 31.9. The lowest BCUT2D eigenvalue weighted by atomic mass is 9.98. The number of thiophene rings is 1. The van der Waals surface area contributed by atoms with Crippen LogP contribution in [0.2, 0.25) is 0 Å². The second-order valence-electron chi connectivity index (χ2n) is 12.2. The maximum absolute atomic E-state index is 2.38. The van der Waals surface area contributed by atoms with E-state index in [4.69, 9.17) is 0 Å². The first kappa shape index (κ1) is 28.3.